The van der Waals surface area contributed by atoms with E-state index in [0.717, 1.165) is 24.2 Å². The largest absolute Gasteiger partial charge is 0.383 e. The van der Waals surface area contributed by atoms with Crippen LogP contribution in [0, 0.1) is 0 Å². The summed E-state index contributed by atoms with van der Waals surface area (Å²) in [5, 5.41) is 5.22. The average molecular weight is 327 g/mol. The number of nitrogens with zero attached hydrogens (tertiary/aromatic N) is 5. The van der Waals surface area contributed by atoms with Crippen LogP contribution in [0.15, 0.2) is 23.3 Å². The number of aromatic nitrogens is 5. The van der Waals surface area contributed by atoms with Crippen LogP contribution in [0.1, 0.15) is 43.8 Å². The van der Waals surface area contributed by atoms with E-state index in [0.29, 0.717) is 30.2 Å². The van der Waals surface area contributed by atoms with Crippen LogP contribution in [0.3, 0.4) is 0 Å². The van der Waals surface area contributed by atoms with Gasteiger partial charge in [-0.05, 0) is 18.9 Å². The Balaban J connectivity index is 1.80. The first kappa shape index (κ1) is 15.3. The molecule has 0 radical (unpaired) electrons. The third kappa shape index (κ3) is 2.58. The second-order valence-corrected chi connectivity index (χ2v) is 6.38. The van der Waals surface area contributed by atoms with Gasteiger partial charge in [-0.1, -0.05) is 19.3 Å². The normalized spacial score (nSPS) is 16.2. The molecule has 0 unspecified atom stereocenters. The molecule has 0 amide bonds. The molecule has 24 heavy (non-hydrogen) atoms. The van der Waals surface area contributed by atoms with Crippen molar-refractivity contribution in [2.75, 3.05) is 13.7 Å². The first-order valence-corrected chi connectivity index (χ1v) is 8.51. The highest BCUT2D eigenvalue weighted by atomic mass is 16.5. The number of ether oxygens (including phenoxy) is 1. The number of methoxy groups -OCH3 is 1. The lowest BCUT2D eigenvalue weighted by Gasteiger charge is -2.17. The lowest BCUT2D eigenvalue weighted by molar-refractivity contribution is 0.186. The zero-order chi connectivity index (χ0) is 16.5. The first-order chi connectivity index (χ1) is 11.8. The molecule has 1 aliphatic carbocycles. The van der Waals surface area contributed by atoms with Crippen molar-refractivity contribution < 1.29 is 4.74 Å². The summed E-state index contributed by atoms with van der Waals surface area (Å²) in [6.45, 7) is 1.02. The molecule has 3 aromatic rings. The standard InChI is InChI=1S/C17H21N5O2/c1-24-10-9-21-8-7-14-13(16(21)23)11-18-17-19-15(20-22(14)17)12-5-3-2-4-6-12/h7-8,11-12H,2-6,9-10H2,1H3. The highest BCUT2D eigenvalue weighted by Crippen LogP contribution is 2.30. The molecule has 0 atom stereocenters. The van der Waals surface area contributed by atoms with Crippen LogP contribution in [0.5, 0.6) is 0 Å². The molecule has 3 heterocycles. The minimum atomic E-state index is -0.0753. The predicted molar refractivity (Wildman–Crippen MR) is 90.3 cm³/mol. The predicted octanol–water partition coefficient (Wildman–Crippen LogP) is 2.13. The Bertz CT molecular complexity index is 924. The third-order valence-electron chi connectivity index (χ3n) is 4.83. The quantitative estimate of drug-likeness (QED) is 0.734. The van der Waals surface area contributed by atoms with Crippen molar-refractivity contribution in [2.45, 2.75) is 44.6 Å². The van der Waals surface area contributed by atoms with E-state index < -0.39 is 0 Å². The van der Waals surface area contributed by atoms with Crippen LogP contribution in [-0.2, 0) is 11.3 Å². The maximum Gasteiger partial charge on any atom is 0.261 e. The lowest BCUT2D eigenvalue weighted by atomic mass is 9.89. The van der Waals surface area contributed by atoms with Crippen molar-refractivity contribution in [1.29, 1.82) is 0 Å². The van der Waals surface area contributed by atoms with E-state index in [-0.39, 0.29) is 5.56 Å². The van der Waals surface area contributed by atoms with Gasteiger partial charge in [0.15, 0.2) is 5.82 Å². The second kappa shape index (κ2) is 6.32. The van der Waals surface area contributed by atoms with Crippen molar-refractivity contribution in [3.05, 3.63) is 34.6 Å². The van der Waals surface area contributed by atoms with Crippen LogP contribution in [-0.4, -0.2) is 37.9 Å². The van der Waals surface area contributed by atoms with Gasteiger partial charge in [0.2, 0.25) is 0 Å². The molecule has 0 saturated heterocycles. The van der Waals surface area contributed by atoms with Gasteiger partial charge in [-0.15, -0.1) is 5.10 Å². The zero-order valence-electron chi connectivity index (χ0n) is 13.8. The molecule has 126 valence electrons. The number of hydrogen-bond acceptors (Lipinski definition) is 5. The van der Waals surface area contributed by atoms with E-state index in [1.54, 1.807) is 28.6 Å². The van der Waals surface area contributed by atoms with Crippen LogP contribution in [0.4, 0.5) is 0 Å². The van der Waals surface area contributed by atoms with Gasteiger partial charge in [0.05, 0.1) is 17.5 Å². The number of fused-ring (bicyclic) bond motifs is 3. The maximum absolute atomic E-state index is 12.6. The summed E-state index contributed by atoms with van der Waals surface area (Å²) >= 11 is 0. The Labute approximate surface area is 139 Å². The van der Waals surface area contributed by atoms with Gasteiger partial charge in [-0.25, -0.2) is 4.98 Å². The Morgan fingerprint density at radius 3 is 2.92 bits per heavy atom. The van der Waals surface area contributed by atoms with Gasteiger partial charge in [0.25, 0.3) is 11.3 Å². The molecule has 1 fully saturated rings. The Hall–Kier alpha value is -2.28. The lowest BCUT2D eigenvalue weighted by Crippen LogP contribution is -2.22. The molecule has 0 spiro atoms. The van der Waals surface area contributed by atoms with E-state index in [1.807, 2.05) is 6.07 Å². The summed E-state index contributed by atoms with van der Waals surface area (Å²) in [6, 6.07) is 1.90. The molecule has 0 N–H and O–H groups in total. The van der Waals surface area contributed by atoms with Gasteiger partial charge in [0.1, 0.15) is 0 Å². The summed E-state index contributed by atoms with van der Waals surface area (Å²) in [4.78, 5) is 21.5. The van der Waals surface area contributed by atoms with Crippen molar-refractivity contribution >= 4 is 16.7 Å². The molecule has 3 aromatic heterocycles. The SMILES string of the molecule is COCCn1ccc2c(cnc3nc(C4CCCCC4)nn32)c1=O. The van der Waals surface area contributed by atoms with Crippen LogP contribution < -0.4 is 5.56 Å². The fourth-order valence-electron chi connectivity index (χ4n) is 3.47. The molecule has 7 heteroatoms. The second-order valence-electron chi connectivity index (χ2n) is 6.38. The topological polar surface area (TPSA) is 74.3 Å². The highest BCUT2D eigenvalue weighted by Gasteiger charge is 2.21. The number of rotatable bonds is 4. The monoisotopic (exact) mass is 327 g/mol. The van der Waals surface area contributed by atoms with Crippen molar-refractivity contribution in [1.82, 2.24) is 24.1 Å². The molecule has 1 saturated carbocycles. The summed E-state index contributed by atoms with van der Waals surface area (Å²) < 4.78 is 8.40. The first-order valence-electron chi connectivity index (χ1n) is 8.51. The number of hydrogen-bond donors (Lipinski definition) is 0. The van der Waals surface area contributed by atoms with Crippen molar-refractivity contribution in [3.8, 4) is 0 Å². The van der Waals surface area contributed by atoms with Crippen molar-refractivity contribution in [2.24, 2.45) is 0 Å². The number of pyridine rings is 1. The van der Waals surface area contributed by atoms with E-state index in [2.05, 4.69) is 15.1 Å². The van der Waals surface area contributed by atoms with E-state index >= 15 is 0 Å². The fraction of sp³-hybridized carbons (Fsp3) is 0.529. The summed E-state index contributed by atoms with van der Waals surface area (Å²) in [5.74, 6) is 1.84. The van der Waals surface area contributed by atoms with E-state index in [1.165, 1.54) is 19.3 Å². The molecular formula is C17H21N5O2. The fourth-order valence-corrected chi connectivity index (χ4v) is 3.47. The molecule has 1 aliphatic rings. The minimum absolute atomic E-state index is 0.0753. The maximum atomic E-state index is 12.6. The van der Waals surface area contributed by atoms with Crippen molar-refractivity contribution in [3.63, 3.8) is 0 Å². The van der Waals surface area contributed by atoms with Gasteiger partial charge in [-0.3, -0.25) is 4.79 Å². The van der Waals surface area contributed by atoms with Crippen LogP contribution in [0.25, 0.3) is 16.7 Å². The molecule has 0 aliphatic heterocycles. The molecule has 4 rings (SSSR count). The Morgan fingerprint density at radius 2 is 2.12 bits per heavy atom. The Morgan fingerprint density at radius 1 is 1.29 bits per heavy atom. The van der Waals surface area contributed by atoms with Crippen LogP contribution >= 0.6 is 0 Å². The smallest absolute Gasteiger partial charge is 0.261 e. The van der Waals surface area contributed by atoms with E-state index in [9.17, 15) is 4.79 Å². The zero-order valence-corrected chi connectivity index (χ0v) is 13.8. The summed E-state index contributed by atoms with van der Waals surface area (Å²) in [5.41, 5.74) is 0.682. The van der Waals surface area contributed by atoms with Gasteiger partial charge < -0.3 is 9.30 Å². The highest BCUT2D eigenvalue weighted by molar-refractivity contribution is 5.78. The minimum Gasteiger partial charge on any atom is -0.383 e. The molecule has 7 nitrogen and oxygen atoms in total. The third-order valence-corrected chi connectivity index (χ3v) is 4.83. The average Bonchev–Trinajstić information content (AvgIpc) is 3.06. The van der Waals surface area contributed by atoms with Gasteiger partial charge in [-0.2, -0.15) is 9.50 Å². The van der Waals surface area contributed by atoms with Gasteiger partial charge in [0, 0.05) is 32.0 Å². The summed E-state index contributed by atoms with van der Waals surface area (Å²) in [7, 11) is 1.62. The Kier molecular flexibility index (Phi) is 4.02. The summed E-state index contributed by atoms with van der Waals surface area (Å²) in [6.07, 6.45) is 9.43. The van der Waals surface area contributed by atoms with Gasteiger partial charge >= 0.3 is 0 Å². The van der Waals surface area contributed by atoms with E-state index in [4.69, 9.17) is 4.74 Å². The molecule has 0 aromatic carbocycles. The van der Waals surface area contributed by atoms with Crippen LogP contribution in [0.2, 0.25) is 0 Å². The molecule has 0 bridgehead atoms. The molecular weight excluding hydrogens is 306 g/mol.